The average molecular weight is 258 g/mol. The van der Waals surface area contributed by atoms with Crippen LogP contribution in [0.3, 0.4) is 0 Å². The summed E-state index contributed by atoms with van der Waals surface area (Å²) < 4.78 is 0. The van der Waals surface area contributed by atoms with Gasteiger partial charge in [-0.1, -0.05) is 12.8 Å². The summed E-state index contributed by atoms with van der Waals surface area (Å²) in [6.45, 7) is 1.93. The number of amides is 1. The molecule has 0 aliphatic carbocycles. The van der Waals surface area contributed by atoms with Gasteiger partial charge in [0, 0.05) is 19.0 Å². The van der Waals surface area contributed by atoms with Crippen molar-refractivity contribution in [3.8, 4) is 0 Å². The van der Waals surface area contributed by atoms with Crippen LogP contribution in [0.5, 0.6) is 0 Å². The Morgan fingerprint density at radius 1 is 1.35 bits per heavy atom. The van der Waals surface area contributed by atoms with Gasteiger partial charge >= 0.3 is 0 Å². The van der Waals surface area contributed by atoms with Crippen molar-refractivity contribution in [1.82, 2.24) is 10.6 Å². The molecule has 17 heavy (non-hydrogen) atoms. The molecule has 0 aromatic rings. The highest BCUT2D eigenvalue weighted by Crippen LogP contribution is 2.08. The van der Waals surface area contributed by atoms with Gasteiger partial charge in [0.1, 0.15) is 0 Å². The summed E-state index contributed by atoms with van der Waals surface area (Å²) in [5.74, 6) is 1.48. The van der Waals surface area contributed by atoms with Crippen LogP contribution >= 0.6 is 11.8 Å². The molecular weight excluding hydrogens is 232 g/mol. The number of hydrogen-bond acceptors (Lipinski definition) is 3. The van der Waals surface area contributed by atoms with E-state index in [-0.39, 0.29) is 5.91 Å². The van der Waals surface area contributed by atoms with Crippen molar-refractivity contribution in [3.63, 3.8) is 0 Å². The van der Waals surface area contributed by atoms with Crippen LogP contribution in [0.1, 0.15) is 44.9 Å². The number of unbranched alkanes of at least 4 members (excludes halogenated alkanes) is 3. The molecule has 1 heterocycles. The zero-order valence-corrected chi connectivity index (χ0v) is 11.8. The molecule has 100 valence electrons. The average Bonchev–Trinajstić information content (AvgIpc) is 2.80. The van der Waals surface area contributed by atoms with E-state index < -0.39 is 0 Å². The molecule has 0 aromatic carbocycles. The van der Waals surface area contributed by atoms with Crippen LogP contribution in [-0.4, -0.2) is 37.0 Å². The topological polar surface area (TPSA) is 41.1 Å². The predicted molar refractivity (Wildman–Crippen MR) is 75.5 cm³/mol. The maximum absolute atomic E-state index is 11.6. The van der Waals surface area contributed by atoms with E-state index in [0.717, 1.165) is 25.9 Å². The van der Waals surface area contributed by atoms with Crippen LogP contribution in [0.2, 0.25) is 0 Å². The third-order valence-electron chi connectivity index (χ3n) is 3.19. The Hall–Kier alpha value is -0.220. The number of hydrogen-bond donors (Lipinski definition) is 2. The van der Waals surface area contributed by atoms with E-state index in [0.29, 0.717) is 12.5 Å². The smallest absolute Gasteiger partial charge is 0.221 e. The lowest BCUT2D eigenvalue weighted by molar-refractivity contribution is -0.121. The molecule has 0 saturated carbocycles. The number of carbonyl (C=O) groups excluding carboxylic acids is 1. The van der Waals surface area contributed by atoms with Gasteiger partial charge in [-0.2, -0.15) is 11.8 Å². The van der Waals surface area contributed by atoms with Crippen molar-refractivity contribution < 1.29 is 4.79 Å². The normalized spacial score (nSPS) is 19.5. The maximum atomic E-state index is 11.6. The standard InChI is InChI=1S/C13H26N2OS/c1-17-10-5-3-2-4-8-15-13(16)11-12-7-6-9-14-12/h12,14H,2-11H2,1H3,(H,15,16). The summed E-state index contributed by atoms with van der Waals surface area (Å²) in [6, 6.07) is 0.427. The van der Waals surface area contributed by atoms with Crippen LogP contribution in [0.4, 0.5) is 0 Å². The Morgan fingerprint density at radius 2 is 2.18 bits per heavy atom. The van der Waals surface area contributed by atoms with E-state index in [1.165, 1.54) is 31.4 Å². The Bertz CT molecular complexity index is 206. The molecule has 0 radical (unpaired) electrons. The first-order valence-corrected chi connectivity index (χ1v) is 8.21. The molecule has 1 aliphatic heterocycles. The molecule has 1 atom stereocenters. The number of nitrogens with one attached hydrogen (secondary N) is 2. The van der Waals surface area contributed by atoms with Crippen LogP contribution < -0.4 is 10.6 Å². The first kappa shape index (κ1) is 14.8. The van der Waals surface area contributed by atoms with Gasteiger partial charge in [-0.25, -0.2) is 0 Å². The van der Waals surface area contributed by atoms with Gasteiger partial charge < -0.3 is 10.6 Å². The van der Waals surface area contributed by atoms with Gasteiger partial charge in [0.15, 0.2) is 0 Å². The van der Waals surface area contributed by atoms with Crippen molar-refractivity contribution >= 4 is 17.7 Å². The van der Waals surface area contributed by atoms with Crippen molar-refractivity contribution in [1.29, 1.82) is 0 Å². The molecule has 3 nitrogen and oxygen atoms in total. The highest BCUT2D eigenvalue weighted by atomic mass is 32.2. The Kier molecular flexibility index (Phi) is 8.53. The third kappa shape index (κ3) is 7.66. The lowest BCUT2D eigenvalue weighted by Crippen LogP contribution is -2.32. The van der Waals surface area contributed by atoms with Gasteiger partial charge in [-0.3, -0.25) is 4.79 Å². The second-order valence-corrected chi connectivity index (χ2v) is 5.74. The number of rotatable bonds is 9. The highest BCUT2D eigenvalue weighted by Gasteiger charge is 2.16. The first-order chi connectivity index (χ1) is 8.33. The van der Waals surface area contributed by atoms with Crippen molar-refractivity contribution in [3.05, 3.63) is 0 Å². The number of thioether (sulfide) groups is 1. The van der Waals surface area contributed by atoms with Gasteiger partial charge in [-0.15, -0.1) is 0 Å². The van der Waals surface area contributed by atoms with Gasteiger partial charge in [0.25, 0.3) is 0 Å². The van der Waals surface area contributed by atoms with Crippen LogP contribution in [0.15, 0.2) is 0 Å². The largest absolute Gasteiger partial charge is 0.356 e. The number of carbonyl (C=O) groups is 1. The Labute approximate surface area is 109 Å². The zero-order valence-electron chi connectivity index (χ0n) is 11.0. The minimum Gasteiger partial charge on any atom is -0.356 e. The van der Waals surface area contributed by atoms with Gasteiger partial charge in [-0.05, 0) is 44.2 Å². The lowest BCUT2D eigenvalue weighted by Gasteiger charge is -2.10. The van der Waals surface area contributed by atoms with Crippen molar-refractivity contribution in [2.24, 2.45) is 0 Å². The van der Waals surface area contributed by atoms with Crippen LogP contribution in [0.25, 0.3) is 0 Å². The summed E-state index contributed by atoms with van der Waals surface area (Å²) in [6.07, 6.45) is 10.1. The monoisotopic (exact) mass is 258 g/mol. The highest BCUT2D eigenvalue weighted by molar-refractivity contribution is 7.98. The minimum absolute atomic E-state index is 0.216. The van der Waals surface area contributed by atoms with E-state index in [4.69, 9.17) is 0 Å². The second-order valence-electron chi connectivity index (χ2n) is 4.75. The molecule has 1 amide bonds. The second kappa shape index (κ2) is 9.77. The quantitative estimate of drug-likeness (QED) is 0.623. The Balaban J connectivity index is 1.86. The third-order valence-corrected chi connectivity index (χ3v) is 3.89. The fourth-order valence-corrected chi connectivity index (χ4v) is 2.67. The molecule has 4 heteroatoms. The summed E-state index contributed by atoms with van der Waals surface area (Å²) in [5.41, 5.74) is 0. The van der Waals surface area contributed by atoms with Crippen LogP contribution in [-0.2, 0) is 4.79 Å². The first-order valence-electron chi connectivity index (χ1n) is 6.82. The van der Waals surface area contributed by atoms with E-state index in [1.807, 2.05) is 11.8 Å². The molecule has 0 aromatic heterocycles. The van der Waals surface area contributed by atoms with E-state index in [9.17, 15) is 4.79 Å². The summed E-state index contributed by atoms with van der Waals surface area (Å²) in [7, 11) is 0. The summed E-state index contributed by atoms with van der Waals surface area (Å²) >= 11 is 1.91. The molecule has 1 rings (SSSR count). The van der Waals surface area contributed by atoms with E-state index >= 15 is 0 Å². The minimum atomic E-state index is 0.216. The molecule has 1 saturated heterocycles. The fourth-order valence-electron chi connectivity index (χ4n) is 2.18. The zero-order chi connectivity index (χ0) is 12.3. The molecule has 1 fully saturated rings. The van der Waals surface area contributed by atoms with E-state index in [1.54, 1.807) is 0 Å². The molecular formula is C13H26N2OS. The Morgan fingerprint density at radius 3 is 2.88 bits per heavy atom. The molecule has 0 bridgehead atoms. The summed E-state index contributed by atoms with van der Waals surface area (Å²) in [5, 5.41) is 6.37. The molecule has 0 spiro atoms. The SMILES string of the molecule is CSCCCCCCNC(=O)CC1CCCN1. The van der Waals surface area contributed by atoms with Crippen LogP contribution in [0, 0.1) is 0 Å². The van der Waals surface area contributed by atoms with E-state index in [2.05, 4.69) is 16.9 Å². The lowest BCUT2D eigenvalue weighted by atomic mass is 10.1. The van der Waals surface area contributed by atoms with Crippen molar-refractivity contribution in [2.75, 3.05) is 25.1 Å². The predicted octanol–water partition coefficient (Wildman–Crippen LogP) is 2.17. The maximum Gasteiger partial charge on any atom is 0.221 e. The molecule has 2 N–H and O–H groups in total. The molecule has 1 aliphatic rings. The van der Waals surface area contributed by atoms with Crippen molar-refractivity contribution in [2.45, 2.75) is 51.0 Å². The van der Waals surface area contributed by atoms with Gasteiger partial charge in [0.2, 0.25) is 5.91 Å². The molecule has 1 unspecified atom stereocenters. The van der Waals surface area contributed by atoms with Gasteiger partial charge in [0.05, 0.1) is 0 Å². The fraction of sp³-hybridized carbons (Fsp3) is 0.923. The summed E-state index contributed by atoms with van der Waals surface area (Å²) in [4.78, 5) is 11.6.